The van der Waals surface area contributed by atoms with E-state index < -0.39 is 17.9 Å². The minimum atomic E-state index is -4.77. The number of hydrogen-bond donors (Lipinski definition) is 0. The van der Waals surface area contributed by atoms with E-state index in [1.807, 2.05) is 38.1 Å². The summed E-state index contributed by atoms with van der Waals surface area (Å²) in [5.41, 5.74) is 1.28. The number of rotatable bonds is 11. The third-order valence-corrected chi connectivity index (χ3v) is 7.45. The molecule has 200 valence electrons. The summed E-state index contributed by atoms with van der Waals surface area (Å²) in [4.78, 5) is 12.5. The molecule has 37 heavy (non-hydrogen) atoms. The Labute approximate surface area is 221 Å². The number of alkyl halides is 3. The van der Waals surface area contributed by atoms with Crippen molar-refractivity contribution in [3.05, 3.63) is 66.2 Å². The molecular formula is C30H35F3O3S. The van der Waals surface area contributed by atoms with Crippen LogP contribution in [0.1, 0.15) is 71.4 Å². The lowest BCUT2D eigenvalue weighted by Gasteiger charge is -2.34. The average molecular weight is 533 g/mol. The normalized spacial score (nSPS) is 12.5. The standard InChI is InChI=1S/C30H35F3O3S/c1-7-9-10-11-20-12-15-23(24(16-20)35-30(31,32)33)26-17-21-13-14-22(18-25(21)37-26)28(3,4)19-29(5,6)36-27(34)8-2/h8,12-18H,2,7,9-11,19H2,1,3-6H3. The van der Waals surface area contributed by atoms with Crippen molar-refractivity contribution >= 4 is 27.4 Å². The fraction of sp³-hybridized carbons (Fsp3) is 0.433. The minimum Gasteiger partial charge on any atom is -0.456 e. The molecule has 0 bridgehead atoms. The maximum absolute atomic E-state index is 13.2. The SMILES string of the molecule is C=CC(=O)OC(C)(C)CC(C)(C)c1ccc2cc(-c3ccc(CCCCC)cc3OC(F)(F)F)sc2c1. The monoisotopic (exact) mass is 532 g/mol. The summed E-state index contributed by atoms with van der Waals surface area (Å²) in [5, 5.41) is 0.946. The van der Waals surface area contributed by atoms with E-state index in [9.17, 15) is 18.0 Å². The Balaban J connectivity index is 1.94. The van der Waals surface area contributed by atoms with Gasteiger partial charge in [-0.1, -0.05) is 58.4 Å². The van der Waals surface area contributed by atoms with E-state index in [1.165, 1.54) is 17.4 Å². The first-order valence-corrected chi connectivity index (χ1v) is 13.3. The van der Waals surface area contributed by atoms with Crippen LogP contribution in [-0.2, 0) is 21.4 Å². The topological polar surface area (TPSA) is 35.5 Å². The summed E-state index contributed by atoms with van der Waals surface area (Å²) in [6.45, 7) is 13.5. The number of carbonyl (C=O) groups excluding carboxylic acids is 1. The Kier molecular flexibility index (Phi) is 8.78. The molecule has 0 atom stereocenters. The number of ether oxygens (including phenoxy) is 2. The third-order valence-electron chi connectivity index (χ3n) is 6.32. The summed E-state index contributed by atoms with van der Waals surface area (Å²) >= 11 is 1.43. The fourth-order valence-corrected chi connectivity index (χ4v) is 5.95. The minimum absolute atomic E-state index is 0.167. The smallest absolute Gasteiger partial charge is 0.456 e. The lowest BCUT2D eigenvalue weighted by Crippen LogP contribution is -2.35. The first kappa shape index (κ1) is 28.8. The Morgan fingerprint density at radius 1 is 1.03 bits per heavy atom. The molecule has 0 saturated heterocycles. The molecule has 2 aromatic carbocycles. The van der Waals surface area contributed by atoms with E-state index in [4.69, 9.17) is 4.74 Å². The Bertz CT molecular complexity index is 1250. The largest absolute Gasteiger partial charge is 0.573 e. The number of hydrogen-bond acceptors (Lipinski definition) is 4. The molecule has 3 aromatic rings. The molecule has 0 radical (unpaired) electrons. The van der Waals surface area contributed by atoms with Crippen molar-refractivity contribution in [1.82, 2.24) is 0 Å². The van der Waals surface area contributed by atoms with Crippen LogP contribution < -0.4 is 4.74 Å². The van der Waals surface area contributed by atoms with Gasteiger partial charge in [-0.2, -0.15) is 0 Å². The van der Waals surface area contributed by atoms with Gasteiger partial charge in [-0.25, -0.2) is 4.79 Å². The number of unbranched alkanes of at least 4 members (excludes halogenated alkanes) is 2. The van der Waals surface area contributed by atoms with Crippen LogP contribution in [0.4, 0.5) is 13.2 Å². The van der Waals surface area contributed by atoms with Crippen LogP contribution in [-0.4, -0.2) is 17.9 Å². The number of halogens is 3. The Morgan fingerprint density at radius 2 is 1.76 bits per heavy atom. The maximum Gasteiger partial charge on any atom is 0.573 e. The van der Waals surface area contributed by atoms with Crippen LogP contribution in [0.15, 0.2) is 55.1 Å². The molecule has 0 aliphatic carbocycles. The number of benzene rings is 2. The van der Waals surface area contributed by atoms with Gasteiger partial charge in [0.1, 0.15) is 11.4 Å². The van der Waals surface area contributed by atoms with Gasteiger partial charge in [-0.3, -0.25) is 0 Å². The number of esters is 1. The summed E-state index contributed by atoms with van der Waals surface area (Å²) in [6.07, 6.45) is 0.668. The van der Waals surface area contributed by atoms with Crippen LogP contribution in [0.5, 0.6) is 5.75 Å². The van der Waals surface area contributed by atoms with E-state index in [1.54, 1.807) is 6.07 Å². The summed E-state index contributed by atoms with van der Waals surface area (Å²) in [7, 11) is 0. The van der Waals surface area contributed by atoms with Crippen LogP contribution in [0.25, 0.3) is 20.5 Å². The van der Waals surface area contributed by atoms with Gasteiger partial charge in [0, 0.05) is 21.2 Å². The van der Waals surface area contributed by atoms with Crippen molar-refractivity contribution in [1.29, 1.82) is 0 Å². The molecule has 0 fully saturated rings. The van der Waals surface area contributed by atoms with Gasteiger partial charge in [-0.15, -0.1) is 24.5 Å². The molecule has 0 amide bonds. The Hall–Kier alpha value is -2.80. The van der Waals surface area contributed by atoms with Crippen LogP contribution in [0, 0.1) is 0 Å². The van der Waals surface area contributed by atoms with E-state index in [2.05, 4.69) is 38.2 Å². The highest BCUT2D eigenvalue weighted by Crippen LogP contribution is 2.43. The van der Waals surface area contributed by atoms with Crippen molar-refractivity contribution in [2.75, 3.05) is 0 Å². The highest BCUT2D eigenvalue weighted by Gasteiger charge is 2.34. The maximum atomic E-state index is 13.2. The zero-order chi connectivity index (χ0) is 27.4. The summed E-state index contributed by atoms with van der Waals surface area (Å²) < 4.78 is 50.7. The van der Waals surface area contributed by atoms with Crippen molar-refractivity contribution in [3.8, 4) is 16.2 Å². The molecule has 0 aliphatic rings. The zero-order valence-electron chi connectivity index (χ0n) is 22.1. The highest BCUT2D eigenvalue weighted by atomic mass is 32.1. The number of thiophene rings is 1. The molecule has 0 spiro atoms. The summed E-state index contributed by atoms with van der Waals surface area (Å²) in [6, 6.07) is 13.1. The second-order valence-corrected chi connectivity index (χ2v) is 11.7. The van der Waals surface area contributed by atoms with Gasteiger partial charge in [0.15, 0.2) is 0 Å². The van der Waals surface area contributed by atoms with E-state index >= 15 is 0 Å². The highest BCUT2D eigenvalue weighted by molar-refractivity contribution is 7.22. The number of carbonyl (C=O) groups is 1. The Morgan fingerprint density at radius 3 is 2.41 bits per heavy atom. The molecule has 1 aromatic heterocycles. The average Bonchev–Trinajstić information content (AvgIpc) is 3.20. The van der Waals surface area contributed by atoms with Gasteiger partial charge in [0.2, 0.25) is 0 Å². The lowest BCUT2D eigenvalue weighted by atomic mass is 9.76. The second kappa shape index (κ2) is 11.3. The van der Waals surface area contributed by atoms with Crippen molar-refractivity contribution < 1.29 is 27.4 Å². The molecule has 1 heterocycles. The second-order valence-electron chi connectivity index (χ2n) is 10.6. The molecule has 0 saturated carbocycles. The first-order valence-electron chi connectivity index (χ1n) is 12.5. The predicted molar refractivity (Wildman–Crippen MR) is 145 cm³/mol. The quantitative estimate of drug-likeness (QED) is 0.140. The molecule has 3 nitrogen and oxygen atoms in total. The zero-order valence-corrected chi connectivity index (χ0v) is 22.9. The van der Waals surface area contributed by atoms with Gasteiger partial charge in [-0.05, 0) is 79.3 Å². The van der Waals surface area contributed by atoms with Gasteiger partial charge in [0.25, 0.3) is 0 Å². The van der Waals surface area contributed by atoms with E-state index in [-0.39, 0.29) is 11.2 Å². The van der Waals surface area contributed by atoms with E-state index in [0.717, 1.165) is 46.6 Å². The molecule has 0 unspecified atom stereocenters. The van der Waals surface area contributed by atoms with Crippen LogP contribution in [0.3, 0.4) is 0 Å². The first-order chi connectivity index (χ1) is 17.2. The third kappa shape index (κ3) is 7.84. The van der Waals surface area contributed by atoms with Crippen molar-refractivity contribution in [2.24, 2.45) is 0 Å². The molecule has 0 aliphatic heterocycles. The van der Waals surface area contributed by atoms with E-state index in [0.29, 0.717) is 23.3 Å². The lowest BCUT2D eigenvalue weighted by molar-refractivity contribution is -0.274. The fourth-order valence-electron chi connectivity index (χ4n) is 4.82. The van der Waals surface area contributed by atoms with Crippen LogP contribution >= 0.6 is 11.3 Å². The molecule has 3 rings (SSSR count). The molecule has 7 heteroatoms. The number of fused-ring (bicyclic) bond motifs is 1. The summed E-state index contributed by atoms with van der Waals surface area (Å²) in [5.74, 6) is -0.633. The van der Waals surface area contributed by atoms with Crippen molar-refractivity contribution in [2.45, 2.75) is 84.1 Å². The van der Waals surface area contributed by atoms with Crippen molar-refractivity contribution in [3.63, 3.8) is 0 Å². The van der Waals surface area contributed by atoms with Crippen LogP contribution in [0.2, 0.25) is 0 Å². The molecular weight excluding hydrogens is 497 g/mol. The molecule has 0 N–H and O–H groups in total. The predicted octanol–water partition coefficient (Wildman–Crippen LogP) is 9.38. The number of aryl methyl sites for hydroxylation is 1. The van der Waals surface area contributed by atoms with Gasteiger partial charge in [0.05, 0.1) is 0 Å². The van der Waals surface area contributed by atoms with Gasteiger partial charge >= 0.3 is 12.3 Å². The van der Waals surface area contributed by atoms with Gasteiger partial charge < -0.3 is 9.47 Å².